The first-order valence-electron chi connectivity index (χ1n) is 8.26. The number of nitrogens with zero attached hydrogens (tertiary/aromatic N) is 2. The number of methoxy groups -OCH3 is 1. The highest BCUT2D eigenvalue weighted by molar-refractivity contribution is 5.66. The van der Waals surface area contributed by atoms with Crippen LogP contribution in [0.15, 0.2) is 60.7 Å². The molecule has 0 spiro atoms. The third-order valence-electron chi connectivity index (χ3n) is 3.58. The van der Waals surface area contributed by atoms with Gasteiger partial charge in [-0.1, -0.05) is 30.3 Å². The van der Waals surface area contributed by atoms with E-state index in [0.29, 0.717) is 5.95 Å². The zero-order valence-corrected chi connectivity index (χ0v) is 14.7. The lowest BCUT2D eigenvalue weighted by molar-refractivity contribution is 0.415. The second-order valence-electron chi connectivity index (χ2n) is 5.98. The predicted molar refractivity (Wildman–Crippen MR) is 103 cm³/mol. The quantitative estimate of drug-likeness (QED) is 0.683. The molecular formula is C20H22N4O. The van der Waals surface area contributed by atoms with Crippen LogP contribution >= 0.6 is 0 Å². The van der Waals surface area contributed by atoms with Crippen molar-refractivity contribution in [1.29, 1.82) is 0 Å². The van der Waals surface area contributed by atoms with Crippen molar-refractivity contribution in [3.05, 3.63) is 60.7 Å². The van der Waals surface area contributed by atoms with Gasteiger partial charge in [-0.3, -0.25) is 0 Å². The zero-order valence-electron chi connectivity index (χ0n) is 14.7. The Labute approximate surface area is 148 Å². The van der Waals surface area contributed by atoms with Gasteiger partial charge in [0.25, 0.3) is 0 Å². The first-order chi connectivity index (χ1) is 12.1. The van der Waals surface area contributed by atoms with Crippen molar-refractivity contribution in [1.82, 2.24) is 9.97 Å². The normalized spacial score (nSPS) is 10.6. The van der Waals surface area contributed by atoms with Crippen molar-refractivity contribution in [2.45, 2.75) is 19.9 Å². The third kappa shape index (κ3) is 4.47. The van der Waals surface area contributed by atoms with Gasteiger partial charge in [-0.2, -0.15) is 4.98 Å². The van der Waals surface area contributed by atoms with E-state index in [2.05, 4.69) is 34.4 Å². The van der Waals surface area contributed by atoms with Gasteiger partial charge < -0.3 is 15.4 Å². The smallest absolute Gasteiger partial charge is 0.229 e. The highest BCUT2D eigenvalue weighted by atomic mass is 16.5. The van der Waals surface area contributed by atoms with Crippen LogP contribution in [0.25, 0.3) is 11.3 Å². The van der Waals surface area contributed by atoms with Crippen molar-refractivity contribution < 1.29 is 4.74 Å². The number of rotatable bonds is 6. The van der Waals surface area contributed by atoms with Gasteiger partial charge in [0.2, 0.25) is 5.95 Å². The van der Waals surface area contributed by atoms with Crippen molar-refractivity contribution in [3.63, 3.8) is 0 Å². The van der Waals surface area contributed by atoms with Gasteiger partial charge in [0.1, 0.15) is 11.6 Å². The summed E-state index contributed by atoms with van der Waals surface area (Å²) in [4.78, 5) is 9.23. The highest BCUT2D eigenvalue weighted by Gasteiger charge is 2.08. The van der Waals surface area contributed by atoms with Gasteiger partial charge in [0, 0.05) is 23.4 Å². The lowest BCUT2D eigenvalue weighted by Gasteiger charge is -2.13. The summed E-state index contributed by atoms with van der Waals surface area (Å²) in [5.74, 6) is 2.15. The molecule has 5 heteroatoms. The van der Waals surface area contributed by atoms with Gasteiger partial charge in [-0.05, 0) is 38.1 Å². The summed E-state index contributed by atoms with van der Waals surface area (Å²) in [5.41, 5.74) is 2.82. The maximum Gasteiger partial charge on any atom is 0.229 e. The van der Waals surface area contributed by atoms with Crippen LogP contribution in [0.2, 0.25) is 0 Å². The fraction of sp³-hybridized carbons (Fsp3) is 0.200. The van der Waals surface area contributed by atoms with Crippen LogP contribution in [0.4, 0.5) is 17.5 Å². The fourth-order valence-corrected chi connectivity index (χ4v) is 2.43. The number of anilines is 3. The summed E-state index contributed by atoms with van der Waals surface area (Å²) in [6, 6.07) is 20.0. The third-order valence-corrected chi connectivity index (χ3v) is 3.58. The first kappa shape index (κ1) is 16.8. The molecule has 2 aromatic carbocycles. The van der Waals surface area contributed by atoms with E-state index in [0.717, 1.165) is 28.5 Å². The molecule has 0 bridgehead atoms. The molecule has 128 valence electrons. The van der Waals surface area contributed by atoms with E-state index < -0.39 is 0 Å². The Morgan fingerprint density at radius 2 is 1.64 bits per heavy atom. The van der Waals surface area contributed by atoms with Gasteiger partial charge in [-0.25, -0.2) is 4.98 Å². The van der Waals surface area contributed by atoms with E-state index in [1.807, 2.05) is 60.7 Å². The van der Waals surface area contributed by atoms with E-state index in [-0.39, 0.29) is 6.04 Å². The SMILES string of the molecule is COc1ccc(Nc2nc(NC(C)C)cc(-c3ccccc3)n2)cc1. The summed E-state index contributed by atoms with van der Waals surface area (Å²) >= 11 is 0. The van der Waals surface area contributed by atoms with Gasteiger partial charge >= 0.3 is 0 Å². The Bertz CT molecular complexity index is 817. The van der Waals surface area contributed by atoms with Crippen LogP contribution in [0, 0.1) is 0 Å². The van der Waals surface area contributed by atoms with Gasteiger partial charge in [0.15, 0.2) is 0 Å². The molecule has 1 aromatic heterocycles. The molecule has 25 heavy (non-hydrogen) atoms. The van der Waals surface area contributed by atoms with E-state index >= 15 is 0 Å². The van der Waals surface area contributed by atoms with Crippen LogP contribution < -0.4 is 15.4 Å². The van der Waals surface area contributed by atoms with Crippen molar-refractivity contribution in [2.24, 2.45) is 0 Å². The Balaban J connectivity index is 1.93. The Morgan fingerprint density at radius 1 is 0.920 bits per heavy atom. The topological polar surface area (TPSA) is 59.1 Å². The summed E-state index contributed by atoms with van der Waals surface area (Å²) in [5, 5.41) is 6.61. The fourth-order valence-electron chi connectivity index (χ4n) is 2.43. The molecule has 0 aliphatic rings. The molecule has 0 fully saturated rings. The maximum atomic E-state index is 5.19. The maximum absolute atomic E-state index is 5.19. The summed E-state index contributed by atoms with van der Waals surface area (Å²) < 4.78 is 5.19. The van der Waals surface area contributed by atoms with E-state index in [4.69, 9.17) is 4.74 Å². The minimum absolute atomic E-state index is 0.285. The van der Waals surface area contributed by atoms with E-state index in [9.17, 15) is 0 Å². The number of hydrogen-bond acceptors (Lipinski definition) is 5. The molecule has 0 unspecified atom stereocenters. The van der Waals surface area contributed by atoms with Crippen LogP contribution in [-0.2, 0) is 0 Å². The average molecular weight is 334 g/mol. The number of ether oxygens (including phenoxy) is 1. The lowest BCUT2D eigenvalue weighted by Crippen LogP contribution is -2.12. The Hall–Kier alpha value is -3.08. The minimum atomic E-state index is 0.285. The van der Waals surface area contributed by atoms with Crippen LogP contribution in [0.5, 0.6) is 5.75 Å². The van der Waals surface area contributed by atoms with Crippen molar-refractivity contribution in [3.8, 4) is 17.0 Å². The van der Waals surface area contributed by atoms with Gasteiger partial charge in [0.05, 0.1) is 12.8 Å². The number of hydrogen-bond donors (Lipinski definition) is 2. The molecule has 0 atom stereocenters. The van der Waals surface area contributed by atoms with Crippen LogP contribution in [-0.4, -0.2) is 23.1 Å². The molecule has 0 aliphatic carbocycles. The molecule has 0 amide bonds. The predicted octanol–water partition coefficient (Wildman–Crippen LogP) is 4.72. The highest BCUT2D eigenvalue weighted by Crippen LogP contribution is 2.24. The number of aromatic nitrogens is 2. The lowest BCUT2D eigenvalue weighted by atomic mass is 10.1. The van der Waals surface area contributed by atoms with Gasteiger partial charge in [-0.15, -0.1) is 0 Å². The van der Waals surface area contributed by atoms with Crippen LogP contribution in [0.1, 0.15) is 13.8 Å². The second kappa shape index (κ2) is 7.66. The standard InChI is InChI=1S/C20H22N4O/c1-14(2)21-19-13-18(15-7-5-4-6-8-15)23-20(24-19)22-16-9-11-17(25-3)12-10-16/h4-14H,1-3H3,(H2,21,22,23,24). The Morgan fingerprint density at radius 3 is 2.28 bits per heavy atom. The van der Waals surface area contributed by atoms with E-state index in [1.54, 1.807) is 7.11 Å². The molecule has 3 rings (SSSR count). The van der Waals surface area contributed by atoms with Crippen LogP contribution in [0.3, 0.4) is 0 Å². The largest absolute Gasteiger partial charge is 0.497 e. The molecular weight excluding hydrogens is 312 g/mol. The first-order valence-corrected chi connectivity index (χ1v) is 8.26. The monoisotopic (exact) mass is 334 g/mol. The minimum Gasteiger partial charge on any atom is -0.497 e. The summed E-state index contributed by atoms with van der Waals surface area (Å²) in [6.07, 6.45) is 0. The molecule has 2 N–H and O–H groups in total. The van der Waals surface area contributed by atoms with Crippen molar-refractivity contribution >= 4 is 17.5 Å². The summed E-state index contributed by atoms with van der Waals surface area (Å²) in [6.45, 7) is 4.17. The molecule has 0 radical (unpaired) electrons. The molecule has 5 nitrogen and oxygen atoms in total. The molecule has 1 heterocycles. The number of nitrogens with one attached hydrogen (secondary N) is 2. The summed E-state index contributed by atoms with van der Waals surface area (Å²) in [7, 11) is 1.65. The molecule has 0 saturated carbocycles. The average Bonchev–Trinajstić information content (AvgIpc) is 2.62. The Kier molecular flexibility index (Phi) is 5.14. The molecule has 0 saturated heterocycles. The molecule has 0 aliphatic heterocycles. The zero-order chi connectivity index (χ0) is 17.6. The number of benzene rings is 2. The van der Waals surface area contributed by atoms with E-state index in [1.165, 1.54) is 0 Å². The van der Waals surface area contributed by atoms with Crippen molar-refractivity contribution in [2.75, 3.05) is 17.7 Å². The molecule has 3 aromatic rings. The second-order valence-corrected chi connectivity index (χ2v) is 5.98.